The lowest BCUT2D eigenvalue weighted by atomic mass is 9.83. The molecule has 1 rings (SSSR count). The number of aliphatic hydroxyl groups excluding tert-OH is 3. The van der Waals surface area contributed by atoms with E-state index in [0.29, 0.717) is 0 Å². The number of amides is 1. The zero-order chi connectivity index (χ0) is 23.1. The number of aliphatic carboxylic acids is 1. The normalized spacial score (nSPS) is 29.2. The van der Waals surface area contributed by atoms with Crippen molar-refractivity contribution < 1.29 is 53.4 Å². The SMILES string of the molecule is CCOP(=S)(OCC)O[C@H](CO)CC1OC(O)(C(=O)O)CC(O)C1[C@H](O)NC(C)=O. The fourth-order valence-corrected chi connectivity index (χ4v) is 5.46. The van der Waals surface area contributed by atoms with Crippen LogP contribution in [0.1, 0.15) is 33.6 Å². The Morgan fingerprint density at radius 3 is 2.33 bits per heavy atom. The Morgan fingerprint density at radius 2 is 1.90 bits per heavy atom. The lowest BCUT2D eigenvalue weighted by molar-refractivity contribution is -0.297. The van der Waals surface area contributed by atoms with E-state index in [1.165, 1.54) is 0 Å². The number of carbonyl (C=O) groups excluding carboxylic acids is 1. The van der Waals surface area contributed by atoms with Gasteiger partial charge in [0, 0.05) is 19.8 Å². The number of carbonyl (C=O) groups is 2. The molecule has 1 heterocycles. The number of nitrogens with one attached hydrogen (secondary N) is 1. The Morgan fingerprint density at radius 1 is 1.33 bits per heavy atom. The van der Waals surface area contributed by atoms with Crippen LogP contribution in [-0.4, -0.2) is 87.6 Å². The van der Waals surface area contributed by atoms with E-state index in [1.807, 2.05) is 0 Å². The molecular formula is C16H30NO11PS. The zero-order valence-corrected chi connectivity index (χ0v) is 18.7. The van der Waals surface area contributed by atoms with Crippen LogP contribution in [0.5, 0.6) is 0 Å². The summed E-state index contributed by atoms with van der Waals surface area (Å²) in [7, 11) is 0. The number of carboxylic acid groups (broad SMARTS) is 1. The Labute approximate surface area is 179 Å². The smallest absolute Gasteiger partial charge is 0.364 e. The average Bonchev–Trinajstić information content (AvgIpc) is 2.60. The van der Waals surface area contributed by atoms with Crippen molar-refractivity contribution in [3.8, 4) is 0 Å². The van der Waals surface area contributed by atoms with Gasteiger partial charge in [-0.15, -0.1) is 0 Å². The highest BCUT2D eigenvalue weighted by Gasteiger charge is 2.53. The van der Waals surface area contributed by atoms with Gasteiger partial charge in [0.15, 0.2) is 0 Å². The second-order valence-electron chi connectivity index (χ2n) is 6.67. The number of hydrogen-bond donors (Lipinski definition) is 6. The van der Waals surface area contributed by atoms with E-state index in [9.17, 15) is 35.1 Å². The van der Waals surface area contributed by atoms with Crippen LogP contribution in [0.3, 0.4) is 0 Å². The molecule has 1 fully saturated rings. The molecule has 1 aliphatic heterocycles. The molecule has 0 aromatic carbocycles. The molecule has 30 heavy (non-hydrogen) atoms. The summed E-state index contributed by atoms with van der Waals surface area (Å²) in [5.41, 5.74) is 0. The van der Waals surface area contributed by atoms with Gasteiger partial charge in [0.25, 0.3) is 5.79 Å². The van der Waals surface area contributed by atoms with E-state index in [1.54, 1.807) is 13.8 Å². The number of hydrogen-bond acceptors (Lipinski definition) is 11. The summed E-state index contributed by atoms with van der Waals surface area (Å²) in [4.78, 5) is 22.7. The lowest BCUT2D eigenvalue weighted by Crippen LogP contribution is -2.61. The van der Waals surface area contributed by atoms with Crippen molar-refractivity contribution >= 4 is 30.4 Å². The molecule has 0 aliphatic carbocycles. The molecule has 4 unspecified atom stereocenters. The molecule has 12 nitrogen and oxygen atoms in total. The first-order chi connectivity index (χ1) is 13.9. The van der Waals surface area contributed by atoms with Gasteiger partial charge in [-0.1, -0.05) is 0 Å². The third-order valence-electron chi connectivity index (χ3n) is 4.31. The summed E-state index contributed by atoms with van der Waals surface area (Å²) in [6.07, 6.45) is -6.69. The highest BCUT2D eigenvalue weighted by Crippen LogP contribution is 2.51. The Hall–Kier alpha value is -0.730. The van der Waals surface area contributed by atoms with Gasteiger partial charge < -0.3 is 49.2 Å². The van der Waals surface area contributed by atoms with E-state index < -0.39 is 67.9 Å². The number of carboxylic acids is 1. The van der Waals surface area contributed by atoms with Gasteiger partial charge in [0.1, 0.15) is 6.23 Å². The second-order valence-corrected chi connectivity index (χ2v) is 9.63. The summed E-state index contributed by atoms with van der Waals surface area (Å²) in [5, 5.41) is 52.2. The molecule has 14 heteroatoms. The van der Waals surface area contributed by atoms with Crippen molar-refractivity contribution in [1.82, 2.24) is 5.32 Å². The van der Waals surface area contributed by atoms with Crippen LogP contribution in [-0.2, 0) is 39.7 Å². The lowest BCUT2D eigenvalue weighted by Gasteiger charge is -2.44. The molecule has 0 bridgehead atoms. The third kappa shape index (κ3) is 7.45. The summed E-state index contributed by atoms with van der Waals surface area (Å²) in [6, 6.07) is 0. The van der Waals surface area contributed by atoms with Crippen LogP contribution in [0.4, 0.5) is 0 Å². The fourth-order valence-electron chi connectivity index (χ4n) is 3.11. The zero-order valence-electron chi connectivity index (χ0n) is 17.0. The van der Waals surface area contributed by atoms with Gasteiger partial charge in [-0.2, -0.15) is 0 Å². The highest BCUT2D eigenvalue weighted by atomic mass is 32.5. The largest absolute Gasteiger partial charge is 0.477 e. The summed E-state index contributed by atoms with van der Waals surface area (Å²) >= 11 is 5.25. The van der Waals surface area contributed by atoms with E-state index in [0.717, 1.165) is 6.92 Å². The van der Waals surface area contributed by atoms with E-state index in [4.69, 9.17) is 30.1 Å². The first-order valence-corrected chi connectivity index (χ1v) is 11.9. The summed E-state index contributed by atoms with van der Waals surface area (Å²) in [5.74, 6) is -6.32. The van der Waals surface area contributed by atoms with Gasteiger partial charge in [-0.05, 0) is 25.7 Å². The first-order valence-electron chi connectivity index (χ1n) is 9.36. The van der Waals surface area contributed by atoms with Gasteiger partial charge in [-0.3, -0.25) is 4.79 Å². The van der Waals surface area contributed by atoms with E-state index >= 15 is 0 Å². The minimum atomic E-state index is -3.25. The van der Waals surface area contributed by atoms with Gasteiger partial charge in [0.2, 0.25) is 5.91 Å². The van der Waals surface area contributed by atoms with Crippen LogP contribution in [0.25, 0.3) is 0 Å². The van der Waals surface area contributed by atoms with Crippen LogP contribution in [0.2, 0.25) is 0 Å². The van der Waals surface area contributed by atoms with Crippen molar-refractivity contribution in [3.05, 3.63) is 0 Å². The molecule has 1 amide bonds. The molecule has 1 saturated heterocycles. The van der Waals surface area contributed by atoms with Gasteiger partial charge >= 0.3 is 12.7 Å². The Bertz CT molecular complexity index is 628. The first kappa shape index (κ1) is 27.3. The summed E-state index contributed by atoms with van der Waals surface area (Å²) < 4.78 is 21.6. The molecule has 176 valence electrons. The number of ether oxygens (including phenoxy) is 1. The minimum Gasteiger partial charge on any atom is -0.477 e. The predicted molar refractivity (Wildman–Crippen MR) is 106 cm³/mol. The second kappa shape index (κ2) is 11.8. The highest BCUT2D eigenvalue weighted by molar-refractivity contribution is 8.07. The van der Waals surface area contributed by atoms with Crippen molar-refractivity contribution in [3.63, 3.8) is 0 Å². The molecule has 1 aliphatic rings. The van der Waals surface area contributed by atoms with Crippen LogP contribution < -0.4 is 5.32 Å². The monoisotopic (exact) mass is 475 g/mol. The van der Waals surface area contributed by atoms with Crippen molar-refractivity contribution in [2.24, 2.45) is 5.92 Å². The van der Waals surface area contributed by atoms with Crippen molar-refractivity contribution in [1.29, 1.82) is 0 Å². The number of rotatable bonds is 12. The van der Waals surface area contributed by atoms with Crippen LogP contribution >= 0.6 is 6.72 Å². The molecule has 0 aromatic rings. The Balaban J connectivity index is 3.14. The molecular weight excluding hydrogens is 445 g/mol. The van der Waals surface area contributed by atoms with E-state index in [-0.39, 0.29) is 19.6 Å². The average molecular weight is 475 g/mol. The maximum atomic E-state index is 11.4. The quantitative estimate of drug-likeness (QED) is 0.150. The summed E-state index contributed by atoms with van der Waals surface area (Å²) in [6.45, 7) is 0.982. The third-order valence-corrected chi connectivity index (χ3v) is 6.90. The molecule has 6 N–H and O–H groups in total. The molecule has 0 radical (unpaired) electrons. The van der Waals surface area contributed by atoms with Crippen molar-refractivity contribution in [2.45, 2.75) is 63.9 Å². The molecule has 0 aromatic heterocycles. The maximum absolute atomic E-state index is 11.4. The fraction of sp³-hybridized carbons (Fsp3) is 0.875. The van der Waals surface area contributed by atoms with Crippen LogP contribution in [0, 0.1) is 5.92 Å². The minimum absolute atomic E-state index is 0.177. The van der Waals surface area contributed by atoms with Crippen LogP contribution in [0.15, 0.2) is 0 Å². The number of aliphatic hydroxyl groups is 4. The van der Waals surface area contributed by atoms with Crippen molar-refractivity contribution in [2.75, 3.05) is 19.8 Å². The molecule has 0 saturated carbocycles. The van der Waals surface area contributed by atoms with Gasteiger partial charge in [0.05, 0.1) is 44.1 Å². The molecule has 6 atom stereocenters. The maximum Gasteiger partial charge on any atom is 0.364 e. The predicted octanol–water partition coefficient (Wildman–Crippen LogP) is -0.955. The topological polar surface area (TPSA) is 184 Å². The molecule has 0 spiro atoms. The standard InChI is InChI=1S/C16H30NO11PS/c1-4-25-29(30,26-5-2)28-10(8-18)6-12-13(14(21)17-9(3)19)11(20)7-16(24,27-12)15(22)23/h10-14,18,20-21,24H,4-8H2,1-3H3,(H,17,19)(H,22,23)/t10-,11?,12?,13?,14-,16?/m0/s1. The van der Waals surface area contributed by atoms with E-state index in [2.05, 4.69) is 5.32 Å². The Kier molecular flexibility index (Phi) is 10.7. The van der Waals surface area contributed by atoms with Gasteiger partial charge in [-0.25, -0.2) is 4.79 Å².